The molecule has 1 aromatic rings. The molecule has 0 bridgehead atoms. The average Bonchev–Trinajstić information content (AvgIpc) is 2.04. The van der Waals surface area contributed by atoms with Crippen LogP contribution in [0.15, 0.2) is 18.2 Å². The SMILES string of the molecule is Oc1ccc2c(c1)CN[C]C2. The maximum Gasteiger partial charge on any atom is 0.115 e. The smallest absolute Gasteiger partial charge is 0.115 e. The van der Waals surface area contributed by atoms with E-state index < -0.39 is 0 Å². The van der Waals surface area contributed by atoms with Gasteiger partial charge in [-0.1, -0.05) is 6.07 Å². The Bertz CT molecular complexity index is 270. The standard InChI is InChI=1S/C9H9NO/c11-9-2-1-7-3-4-10-6-8(7)5-9/h1-2,5,10-11H,3,6H2. The second kappa shape index (κ2) is 2.55. The number of phenolic OH excluding ortho intramolecular Hbond substituents is 1. The zero-order chi connectivity index (χ0) is 7.68. The van der Waals surface area contributed by atoms with Crippen LogP contribution in [0.25, 0.3) is 0 Å². The maximum atomic E-state index is 9.14. The van der Waals surface area contributed by atoms with Crippen LogP contribution in [0.1, 0.15) is 11.1 Å². The third-order valence-corrected chi connectivity index (χ3v) is 1.87. The molecule has 2 heteroatoms. The van der Waals surface area contributed by atoms with Crippen molar-refractivity contribution in [3.63, 3.8) is 0 Å². The predicted octanol–water partition coefficient (Wildman–Crippen LogP) is 1.08. The third kappa shape index (κ3) is 1.21. The van der Waals surface area contributed by atoms with E-state index in [9.17, 15) is 0 Å². The largest absolute Gasteiger partial charge is 0.508 e. The van der Waals surface area contributed by atoms with E-state index in [0.29, 0.717) is 5.75 Å². The Morgan fingerprint density at radius 2 is 2.27 bits per heavy atom. The van der Waals surface area contributed by atoms with Crippen molar-refractivity contribution in [1.82, 2.24) is 5.32 Å². The van der Waals surface area contributed by atoms with Gasteiger partial charge in [-0.25, -0.2) is 0 Å². The molecule has 2 N–H and O–H groups in total. The van der Waals surface area contributed by atoms with E-state index in [0.717, 1.165) is 13.0 Å². The summed E-state index contributed by atoms with van der Waals surface area (Å²) in [6.07, 6.45) is 0.829. The molecule has 1 aliphatic rings. The summed E-state index contributed by atoms with van der Waals surface area (Å²) < 4.78 is 0. The van der Waals surface area contributed by atoms with Crippen LogP contribution in [0.5, 0.6) is 5.75 Å². The zero-order valence-corrected chi connectivity index (χ0v) is 6.09. The first-order chi connectivity index (χ1) is 5.36. The molecule has 1 aromatic carbocycles. The van der Waals surface area contributed by atoms with E-state index in [1.165, 1.54) is 11.1 Å². The molecule has 0 saturated carbocycles. The molecule has 0 atom stereocenters. The van der Waals surface area contributed by atoms with Gasteiger partial charge in [-0.3, -0.25) is 0 Å². The van der Waals surface area contributed by atoms with Gasteiger partial charge in [0.05, 0.1) is 6.54 Å². The van der Waals surface area contributed by atoms with Gasteiger partial charge in [0, 0.05) is 6.54 Å². The third-order valence-electron chi connectivity index (χ3n) is 1.87. The Kier molecular flexibility index (Phi) is 1.55. The number of aromatic hydroxyl groups is 1. The van der Waals surface area contributed by atoms with Crippen LogP contribution in [-0.2, 0) is 13.0 Å². The zero-order valence-electron chi connectivity index (χ0n) is 6.09. The lowest BCUT2D eigenvalue weighted by Crippen LogP contribution is -2.18. The molecule has 11 heavy (non-hydrogen) atoms. The van der Waals surface area contributed by atoms with Gasteiger partial charge < -0.3 is 10.4 Å². The summed E-state index contributed by atoms with van der Waals surface area (Å²) >= 11 is 0. The maximum absolute atomic E-state index is 9.14. The molecule has 0 spiro atoms. The molecular formula is C9H9NO. The lowest BCUT2D eigenvalue weighted by Gasteiger charge is -2.15. The molecule has 2 radical (unpaired) electrons. The molecule has 2 rings (SSSR count). The van der Waals surface area contributed by atoms with Crippen molar-refractivity contribution in [2.75, 3.05) is 0 Å². The monoisotopic (exact) mass is 147 g/mol. The fourth-order valence-corrected chi connectivity index (χ4v) is 1.26. The summed E-state index contributed by atoms with van der Waals surface area (Å²) in [4.78, 5) is 0. The number of phenols is 1. The molecule has 0 aromatic heterocycles. The second-order valence-corrected chi connectivity index (χ2v) is 2.66. The number of hydrogen-bond acceptors (Lipinski definition) is 2. The van der Waals surface area contributed by atoms with Crippen LogP contribution in [0, 0.1) is 6.54 Å². The van der Waals surface area contributed by atoms with E-state index in [1.54, 1.807) is 12.1 Å². The molecule has 0 amide bonds. The van der Waals surface area contributed by atoms with E-state index in [2.05, 4.69) is 11.9 Å². The summed E-state index contributed by atoms with van der Waals surface area (Å²) in [6, 6.07) is 5.45. The Morgan fingerprint density at radius 1 is 1.36 bits per heavy atom. The first-order valence-electron chi connectivity index (χ1n) is 3.63. The van der Waals surface area contributed by atoms with Crippen molar-refractivity contribution < 1.29 is 5.11 Å². The highest BCUT2D eigenvalue weighted by Crippen LogP contribution is 2.19. The normalized spacial score (nSPS) is 16.0. The van der Waals surface area contributed by atoms with Crippen molar-refractivity contribution in [2.24, 2.45) is 0 Å². The van der Waals surface area contributed by atoms with Crippen LogP contribution >= 0.6 is 0 Å². The molecule has 2 nitrogen and oxygen atoms in total. The minimum atomic E-state index is 0.340. The van der Waals surface area contributed by atoms with Crippen LogP contribution in [0.2, 0.25) is 0 Å². The Labute approximate surface area is 65.9 Å². The molecular weight excluding hydrogens is 138 g/mol. The number of benzene rings is 1. The van der Waals surface area contributed by atoms with Crippen LogP contribution in [-0.4, -0.2) is 5.11 Å². The highest BCUT2D eigenvalue weighted by molar-refractivity contribution is 5.36. The number of hydrogen-bond donors (Lipinski definition) is 2. The van der Waals surface area contributed by atoms with Gasteiger partial charge in [0.25, 0.3) is 0 Å². The molecule has 0 fully saturated rings. The average molecular weight is 147 g/mol. The summed E-state index contributed by atoms with van der Waals surface area (Å²) in [7, 11) is 0. The first-order valence-corrected chi connectivity index (χ1v) is 3.63. The van der Waals surface area contributed by atoms with Crippen molar-refractivity contribution in [3.05, 3.63) is 35.9 Å². The first kappa shape index (κ1) is 6.68. The van der Waals surface area contributed by atoms with Crippen molar-refractivity contribution in [2.45, 2.75) is 13.0 Å². The van der Waals surface area contributed by atoms with Gasteiger partial charge in [-0.2, -0.15) is 0 Å². The summed E-state index contributed by atoms with van der Waals surface area (Å²) in [5.74, 6) is 0.340. The Balaban J connectivity index is 2.43. The van der Waals surface area contributed by atoms with Gasteiger partial charge >= 0.3 is 0 Å². The minimum Gasteiger partial charge on any atom is -0.508 e. The lowest BCUT2D eigenvalue weighted by atomic mass is 10.0. The fourth-order valence-electron chi connectivity index (χ4n) is 1.26. The van der Waals surface area contributed by atoms with E-state index >= 15 is 0 Å². The van der Waals surface area contributed by atoms with Crippen LogP contribution in [0.3, 0.4) is 0 Å². The minimum absolute atomic E-state index is 0.340. The highest BCUT2D eigenvalue weighted by atomic mass is 16.3. The Hall–Kier alpha value is -1.02. The molecule has 1 heterocycles. The Morgan fingerprint density at radius 3 is 3.18 bits per heavy atom. The van der Waals surface area contributed by atoms with Crippen LogP contribution in [0.4, 0.5) is 0 Å². The quantitative estimate of drug-likeness (QED) is 0.575. The number of fused-ring (bicyclic) bond motifs is 1. The van der Waals surface area contributed by atoms with Gasteiger partial charge in [0.2, 0.25) is 0 Å². The predicted molar refractivity (Wildman–Crippen MR) is 41.9 cm³/mol. The van der Waals surface area contributed by atoms with Crippen molar-refractivity contribution in [3.8, 4) is 5.75 Å². The molecule has 0 saturated heterocycles. The van der Waals surface area contributed by atoms with Crippen molar-refractivity contribution in [1.29, 1.82) is 0 Å². The highest BCUT2D eigenvalue weighted by Gasteiger charge is 2.08. The number of nitrogens with one attached hydrogen (secondary N) is 1. The topological polar surface area (TPSA) is 32.3 Å². The van der Waals surface area contributed by atoms with E-state index in [1.807, 2.05) is 6.07 Å². The molecule has 0 aliphatic carbocycles. The molecule has 56 valence electrons. The van der Waals surface area contributed by atoms with Crippen molar-refractivity contribution >= 4 is 0 Å². The molecule has 1 aliphatic heterocycles. The van der Waals surface area contributed by atoms with Gasteiger partial charge in [-0.05, 0) is 29.7 Å². The lowest BCUT2D eigenvalue weighted by molar-refractivity contribution is 0.473. The van der Waals surface area contributed by atoms with Gasteiger partial charge in [-0.15, -0.1) is 0 Å². The van der Waals surface area contributed by atoms with Gasteiger partial charge in [0.15, 0.2) is 0 Å². The fraction of sp³-hybridized carbons (Fsp3) is 0.222. The van der Waals surface area contributed by atoms with Gasteiger partial charge in [0.1, 0.15) is 5.75 Å². The summed E-state index contributed by atoms with van der Waals surface area (Å²) in [5.41, 5.74) is 2.42. The molecule has 0 unspecified atom stereocenters. The summed E-state index contributed by atoms with van der Waals surface area (Å²) in [6.45, 7) is 3.81. The van der Waals surface area contributed by atoms with E-state index in [-0.39, 0.29) is 0 Å². The van der Waals surface area contributed by atoms with Crippen LogP contribution < -0.4 is 5.32 Å². The van der Waals surface area contributed by atoms with E-state index in [4.69, 9.17) is 5.11 Å². The number of rotatable bonds is 0. The second-order valence-electron chi connectivity index (χ2n) is 2.66. The summed E-state index contributed by atoms with van der Waals surface area (Å²) in [5, 5.41) is 12.1.